The zero-order chi connectivity index (χ0) is 21.2. The molecule has 0 aliphatic rings. The number of hydrogen-bond acceptors (Lipinski definition) is 6. The fourth-order valence-electron chi connectivity index (χ4n) is 3.16. The van der Waals surface area contributed by atoms with Crippen molar-refractivity contribution >= 4 is 44.2 Å². The van der Waals surface area contributed by atoms with E-state index in [0.29, 0.717) is 22.5 Å². The van der Waals surface area contributed by atoms with Crippen molar-refractivity contribution in [3.63, 3.8) is 0 Å². The van der Waals surface area contributed by atoms with Crippen molar-refractivity contribution in [3.8, 4) is 11.3 Å². The molecule has 0 aliphatic carbocycles. The molecule has 0 radical (unpaired) electrons. The third kappa shape index (κ3) is 4.05. The fraction of sp³-hybridized carbons (Fsp3) is 0.0435. The smallest absolute Gasteiger partial charge is 0.282 e. The van der Waals surface area contributed by atoms with Crippen molar-refractivity contribution in [1.82, 2.24) is 15.1 Å². The van der Waals surface area contributed by atoms with Gasteiger partial charge in [-0.15, -0.1) is 0 Å². The molecule has 0 saturated heterocycles. The molecule has 1 amide bonds. The van der Waals surface area contributed by atoms with Crippen molar-refractivity contribution in [2.45, 2.75) is 6.54 Å². The van der Waals surface area contributed by atoms with E-state index in [9.17, 15) is 4.79 Å². The Hall–Kier alpha value is -3.55. The van der Waals surface area contributed by atoms with Crippen LogP contribution in [0.4, 0.5) is 5.13 Å². The van der Waals surface area contributed by atoms with E-state index < -0.39 is 0 Å². The van der Waals surface area contributed by atoms with E-state index in [0.717, 1.165) is 21.3 Å². The predicted molar refractivity (Wildman–Crippen MR) is 121 cm³/mol. The van der Waals surface area contributed by atoms with Gasteiger partial charge in [0.15, 0.2) is 16.6 Å². The number of carbonyl (C=O) groups is 1. The quantitative estimate of drug-likeness (QED) is 0.338. The summed E-state index contributed by atoms with van der Waals surface area (Å²) in [5.74, 6) is 0.223. The Kier molecular flexibility index (Phi) is 5.19. The van der Waals surface area contributed by atoms with Crippen LogP contribution in [0, 0.1) is 0 Å². The average Bonchev–Trinajstić information content (AvgIpc) is 3.45. The minimum Gasteiger partial charge on any atom is -0.355 e. The number of amides is 1. The van der Waals surface area contributed by atoms with Gasteiger partial charge in [-0.05, 0) is 29.8 Å². The van der Waals surface area contributed by atoms with Crippen molar-refractivity contribution in [1.29, 1.82) is 0 Å². The van der Waals surface area contributed by atoms with Gasteiger partial charge in [0.25, 0.3) is 5.91 Å². The van der Waals surface area contributed by atoms with Crippen molar-refractivity contribution in [3.05, 3.63) is 95.4 Å². The lowest BCUT2D eigenvalue weighted by molar-refractivity contribution is 0.0976. The van der Waals surface area contributed by atoms with Gasteiger partial charge >= 0.3 is 0 Å². The van der Waals surface area contributed by atoms with Crippen LogP contribution in [-0.2, 0) is 6.54 Å². The highest BCUT2D eigenvalue weighted by molar-refractivity contribution is 7.22. The van der Waals surface area contributed by atoms with Crippen LogP contribution >= 0.6 is 22.9 Å². The zero-order valence-corrected chi connectivity index (χ0v) is 17.7. The van der Waals surface area contributed by atoms with Crippen LogP contribution in [0.1, 0.15) is 16.1 Å². The molecule has 5 aromatic rings. The molecule has 0 aliphatic heterocycles. The molecule has 6 nitrogen and oxygen atoms in total. The SMILES string of the molecule is O=C(c1cc(-c2ccccc2)on1)N(Cc1cccnc1)c1nc2ccc(Cl)cc2s1. The first-order valence-electron chi connectivity index (χ1n) is 9.46. The van der Waals surface area contributed by atoms with Crippen LogP contribution in [0.25, 0.3) is 21.5 Å². The number of thiazole rings is 1. The second-order valence-electron chi connectivity index (χ2n) is 6.80. The number of anilines is 1. The van der Waals surface area contributed by atoms with Crippen LogP contribution in [0.15, 0.2) is 83.6 Å². The van der Waals surface area contributed by atoms with Gasteiger partial charge in [-0.1, -0.05) is 64.5 Å². The number of rotatable bonds is 5. The average molecular weight is 447 g/mol. The first-order chi connectivity index (χ1) is 15.2. The normalized spacial score (nSPS) is 11.0. The monoisotopic (exact) mass is 446 g/mol. The topological polar surface area (TPSA) is 72.1 Å². The van der Waals surface area contributed by atoms with Crippen molar-refractivity contribution in [2.75, 3.05) is 4.90 Å². The van der Waals surface area contributed by atoms with E-state index in [4.69, 9.17) is 16.1 Å². The van der Waals surface area contributed by atoms with Crippen LogP contribution < -0.4 is 4.90 Å². The molecule has 31 heavy (non-hydrogen) atoms. The Morgan fingerprint density at radius 3 is 2.74 bits per heavy atom. The highest BCUT2D eigenvalue weighted by Crippen LogP contribution is 2.32. The number of halogens is 1. The highest BCUT2D eigenvalue weighted by Gasteiger charge is 2.25. The summed E-state index contributed by atoms with van der Waals surface area (Å²) in [6.45, 7) is 0.299. The van der Waals surface area contributed by atoms with Gasteiger partial charge in [-0.2, -0.15) is 0 Å². The molecule has 0 unspecified atom stereocenters. The molecule has 0 atom stereocenters. The fourth-order valence-corrected chi connectivity index (χ4v) is 4.39. The molecule has 0 N–H and O–H groups in total. The Labute approximate surface area is 186 Å². The summed E-state index contributed by atoms with van der Waals surface area (Å²) in [6.07, 6.45) is 3.42. The van der Waals surface area contributed by atoms with E-state index in [1.807, 2.05) is 54.6 Å². The summed E-state index contributed by atoms with van der Waals surface area (Å²) in [7, 11) is 0. The molecule has 2 aromatic carbocycles. The van der Waals surface area contributed by atoms with E-state index in [2.05, 4.69) is 15.1 Å². The number of hydrogen-bond donors (Lipinski definition) is 0. The minimum absolute atomic E-state index is 0.208. The van der Waals surface area contributed by atoms with E-state index >= 15 is 0 Å². The second kappa shape index (κ2) is 8.29. The summed E-state index contributed by atoms with van der Waals surface area (Å²) < 4.78 is 6.34. The van der Waals surface area contributed by atoms with E-state index in [1.165, 1.54) is 11.3 Å². The lowest BCUT2D eigenvalue weighted by Crippen LogP contribution is -2.30. The molecule has 3 aromatic heterocycles. The molecular weight excluding hydrogens is 432 g/mol. The summed E-state index contributed by atoms with van der Waals surface area (Å²) in [6, 6.07) is 20.4. The standard InChI is InChI=1S/C23H15ClN4O2S/c24-17-8-9-18-21(11-17)31-23(26-18)28(14-15-5-4-10-25-13-15)22(29)19-12-20(30-27-19)16-6-2-1-3-7-16/h1-13H,14H2. The van der Waals surface area contributed by atoms with Gasteiger partial charge in [-0.3, -0.25) is 14.7 Å². The summed E-state index contributed by atoms with van der Waals surface area (Å²) in [5.41, 5.74) is 2.71. The van der Waals surface area contributed by atoms with Crippen molar-refractivity contribution in [2.24, 2.45) is 0 Å². The molecule has 8 heteroatoms. The van der Waals surface area contributed by atoms with Gasteiger partial charge in [0, 0.05) is 29.0 Å². The first kappa shape index (κ1) is 19.4. The third-order valence-electron chi connectivity index (χ3n) is 4.67. The van der Waals surface area contributed by atoms with Gasteiger partial charge in [-0.25, -0.2) is 4.98 Å². The summed E-state index contributed by atoms with van der Waals surface area (Å²) in [4.78, 5) is 23.9. The molecule has 0 spiro atoms. The Balaban J connectivity index is 1.53. The number of pyridine rings is 1. The predicted octanol–water partition coefficient (Wildman–Crippen LogP) is 5.85. The Morgan fingerprint density at radius 2 is 1.94 bits per heavy atom. The minimum atomic E-state index is -0.306. The molecule has 152 valence electrons. The van der Waals surface area contributed by atoms with Gasteiger partial charge < -0.3 is 4.52 Å². The number of benzene rings is 2. The van der Waals surface area contributed by atoms with Crippen LogP contribution in [-0.4, -0.2) is 21.0 Å². The largest absolute Gasteiger partial charge is 0.355 e. The molecule has 5 rings (SSSR count). The molecule has 0 saturated carbocycles. The van der Waals surface area contributed by atoms with Crippen LogP contribution in [0.3, 0.4) is 0 Å². The number of nitrogens with zero attached hydrogens (tertiary/aromatic N) is 4. The maximum absolute atomic E-state index is 13.5. The lowest BCUT2D eigenvalue weighted by atomic mass is 10.1. The van der Waals surface area contributed by atoms with Gasteiger partial charge in [0.1, 0.15) is 0 Å². The van der Waals surface area contributed by atoms with Gasteiger partial charge in [0.2, 0.25) is 0 Å². The van der Waals surface area contributed by atoms with Gasteiger partial charge in [0.05, 0.1) is 16.8 Å². The summed E-state index contributed by atoms with van der Waals surface area (Å²) in [5, 5.41) is 5.20. The third-order valence-corrected chi connectivity index (χ3v) is 5.94. The first-order valence-corrected chi connectivity index (χ1v) is 10.7. The van der Waals surface area contributed by atoms with Crippen LogP contribution in [0.5, 0.6) is 0 Å². The summed E-state index contributed by atoms with van der Waals surface area (Å²) >= 11 is 7.52. The number of aromatic nitrogens is 3. The van der Waals surface area contributed by atoms with Crippen LogP contribution in [0.2, 0.25) is 5.02 Å². The number of fused-ring (bicyclic) bond motifs is 1. The molecule has 0 fully saturated rings. The molecule has 0 bridgehead atoms. The Morgan fingerprint density at radius 1 is 1.06 bits per heavy atom. The molecule has 3 heterocycles. The Bertz CT molecular complexity index is 1350. The maximum Gasteiger partial charge on any atom is 0.282 e. The second-order valence-corrected chi connectivity index (χ2v) is 8.25. The van der Waals surface area contributed by atoms with E-state index in [1.54, 1.807) is 29.4 Å². The lowest BCUT2D eigenvalue weighted by Gasteiger charge is -2.18. The van der Waals surface area contributed by atoms with Crippen molar-refractivity contribution < 1.29 is 9.32 Å². The zero-order valence-electron chi connectivity index (χ0n) is 16.1. The molecular formula is C23H15ClN4O2S. The van der Waals surface area contributed by atoms with E-state index in [-0.39, 0.29) is 11.6 Å². The highest BCUT2D eigenvalue weighted by atomic mass is 35.5. The number of carbonyl (C=O) groups excluding carboxylic acids is 1. The maximum atomic E-state index is 13.5.